The highest BCUT2D eigenvalue weighted by Gasteiger charge is 1.95. The zero-order chi connectivity index (χ0) is 8.15. The highest BCUT2D eigenvalue weighted by atomic mass is 32.1. The van der Waals surface area contributed by atoms with Gasteiger partial charge in [-0.3, -0.25) is 4.79 Å². The molecule has 0 aliphatic heterocycles. The van der Waals surface area contributed by atoms with E-state index in [0.717, 1.165) is 4.91 Å². The maximum atomic E-state index is 10.5. The van der Waals surface area contributed by atoms with Gasteiger partial charge in [0, 0.05) is 17.5 Å². The van der Waals surface area contributed by atoms with Gasteiger partial charge in [-0.15, -0.1) is 12.6 Å². The number of nitrogens with one attached hydrogen (secondary N) is 1. The second kappa shape index (κ2) is 4.17. The van der Waals surface area contributed by atoms with E-state index in [-0.39, 0.29) is 5.91 Å². The lowest BCUT2D eigenvalue weighted by Crippen LogP contribution is -2.18. The molecule has 0 aromatic carbocycles. The highest BCUT2D eigenvalue weighted by Crippen LogP contribution is 2.04. The van der Waals surface area contributed by atoms with Crippen molar-refractivity contribution in [3.05, 3.63) is 23.3 Å². The third kappa shape index (κ3) is 3.35. The monoisotopic (exact) mass is 157 g/mol. The van der Waals surface area contributed by atoms with Gasteiger partial charge in [-0.05, 0) is 13.0 Å². The highest BCUT2D eigenvalue weighted by molar-refractivity contribution is 7.84. The van der Waals surface area contributed by atoms with Crippen molar-refractivity contribution in [3.63, 3.8) is 0 Å². The van der Waals surface area contributed by atoms with E-state index in [2.05, 4.69) is 24.5 Å². The minimum absolute atomic E-state index is 0.108. The maximum Gasteiger partial charge on any atom is 0.221 e. The first-order valence-corrected chi connectivity index (χ1v) is 3.32. The molecule has 3 heteroatoms. The van der Waals surface area contributed by atoms with Gasteiger partial charge < -0.3 is 5.32 Å². The molecule has 0 saturated heterocycles. The second-order valence-corrected chi connectivity index (χ2v) is 2.56. The smallest absolute Gasteiger partial charge is 0.221 e. The van der Waals surface area contributed by atoms with Crippen LogP contribution in [0.25, 0.3) is 0 Å². The predicted octanol–water partition coefficient (Wildman–Crippen LogP) is 1.47. The molecule has 0 fully saturated rings. The Bertz CT molecular complexity index is 180. The van der Waals surface area contributed by atoms with E-state index in [1.54, 1.807) is 13.0 Å². The van der Waals surface area contributed by atoms with Crippen LogP contribution in [0, 0.1) is 0 Å². The van der Waals surface area contributed by atoms with E-state index in [9.17, 15) is 4.79 Å². The van der Waals surface area contributed by atoms with Crippen LogP contribution < -0.4 is 5.32 Å². The van der Waals surface area contributed by atoms with Gasteiger partial charge in [-0.25, -0.2) is 0 Å². The molecule has 10 heavy (non-hydrogen) atoms. The Kier molecular flexibility index (Phi) is 3.88. The Morgan fingerprint density at radius 3 is 2.20 bits per heavy atom. The number of allylic oxidation sites excluding steroid dienone is 2. The minimum atomic E-state index is -0.108. The molecule has 56 valence electrons. The summed E-state index contributed by atoms with van der Waals surface area (Å²) in [6, 6.07) is 0. The molecule has 0 radical (unpaired) electrons. The van der Waals surface area contributed by atoms with Crippen molar-refractivity contribution in [3.8, 4) is 0 Å². The molecule has 0 rings (SSSR count). The number of carbonyl (C=O) groups excluding carboxylic acids is 1. The van der Waals surface area contributed by atoms with Gasteiger partial charge in [0.1, 0.15) is 0 Å². The second-order valence-electron chi connectivity index (χ2n) is 1.88. The summed E-state index contributed by atoms with van der Waals surface area (Å²) in [7, 11) is 0. The summed E-state index contributed by atoms with van der Waals surface area (Å²) < 4.78 is 0. The van der Waals surface area contributed by atoms with Crippen LogP contribution in [0.2, 0.25) is 0 Å². The zero-order valence-electron chi connectivity index (χ0n) is 6.14. The summed E-state index contributed by atoms with van der Waals surface area (Å²) >= 11 is 4.04. The van der Waals surface area contributed by atoms with Gasteiger partial charge in [0.25, 0.3) is 0 Å². The van der Waals surface area contributed by atoms with Crippen LogP contribution in [0.3, 0.4) is 0 Å². The van der Waals surface area contributed by atoms with Crippen LogP contribution in [0.5, 0.6) is 0 Å². The molecule has 0 aliphatic rings. The minimum Gasteiger partial charge on any atom is -0.326 e. The van der Waals surface area contributed by atoms with E-state index in [1.807, 2.05) is 0 Å². The van der Waals surface area contributed by atoms with Gasteiger partial charge >= 0.3 is 0 Å². The van der Waals surface area contributed by atoms with Gasteiger partial charge in [0.05, 0.1) is 0 Å². The number of carbonyl (C=O) groups is 1. The van der Waals surface area contributed by atoms with Gasteiger partial charge in [0.2, 0.25) is 5.91 Å². The fourth-order valence-corrected chi connectivity index (χ4v) is 0.626. The Hall–Kier alpha value is -0.700. The van der Waals surface area contributed by atoms with Crippen LogP contribution in [-0.4, -0.2) is 5.91 Å². The molecule has 0 aliphatic carbocycles. The van der Waals surface area contributed by atoms with Crippen LogP contribution in [-0.2, 0) is 4.79 Å². The summed E-state index contributed by atoms with van der Waals surface area (Å²) in [5.41, 5.74) is 0.663. The van der Waals surface area contributed by atoms with Crippen molar-refractivity contribution < 1.29 is 4.79 Å². The Labute approximate surface area is 66.4 Å². The van der Waals surface area contributed by atoms with E-state index in [1.165, 1.54) is 6.92 Å². The van der Waals surface area contributed by atoms with E-state index >= 15 is 0 Å². The van der Waals surface area contributed by atoms with E-state index in [4.69, 9.17) is 0 Å². The third-order valence-electron chi connectivity index (χ3n) is 0.905. The van der Waals surface area contributed by atoms with Gasteiger partial charge in [-0.1, -0.05) is 6.58 Å². The average molecular weight is 157 g/mol. The van der Waals surface area contributed by atoms with E-state index in [0.29, 0.717) is 5.70 Å². The number of amides is 1. The molecule has 0 atom stereocenters. The molecule has 1 N–H and O–H groups in total. The summed E-state index contributed by atoms with van der Waals surface area (Å²) in [5, 5.41) is 2.58. The molecular weight excluding hydrogens is 146 g/mol. The number of hydrogen-bond donors (Lipinski definition) is 2. The molecule has 0 bridgehead atoms. The molecule has 0 saturated carbocycles. The molecule has 0 aromatic heterocycles. The lowest BCUT2D eigenvalue weighted by atomic mass is 10.4. The molecule has 1 amide bonds. The zero-order valence-corrected chi connectivity index (χ0v) is 7.03. The summed E-state index contributed by atoms with van der Waals surface area (Å²) in [6.07, 6.45) is 1.56. The van der Waals surface area contributed by atoms with Crippen LogP contribution in [0.1, 0.15) is 13.8 Å². The van der Waals surface area contributed by atoms with Crippen molar-refractivity contribution in [1.29, 1.82) is 0 Å². The molecule has 0 heterocycles. The van der Waals surface area contributed by atoms with Crippen molar-refractivity contribution >= 4 is 18.5 Å². The van der Waals surface area contributed by atoms with Crippen molar-refractivity contribution in [2.75, 3.05) is 0 Å². The third-order valence-corrected chi connectivity index (χ3v) is 1.15. The van der Waals surface area contributed by atoms with Crippen molar-refractivity contribution in [1.82, 2.24) is 5.32 Å². The maximum absolute atomic E-state index is 10.5. The SMILES string of the molecule is C=C/C(NC(C)=O)=C(/C)S. The fraction of sp³-hybridized carbons (Fsp3) is 0.286. The summed E-state index contributed by atoms with van der Waals surface area (Å²) in [5.74, 6) is -0.108. The van der Waals surface area contributed by atoms with Crippen LogP contribution in [0.15, 0.2) is 23.3 Å². The first kappa shape index (κ1) is 9.30. The molecule has 0 aromatic rings. The standard InChI is InChI=1S/C7H11NOS/c1-4-7(5(2)10)8-6(3)9/h4,10H,1H2,2-3H3,(H,8,9)/b7-5+. The topological polar surface area (TPSA) is 29.1 Å². The van der Waals surface area contributed by atoms with Gasteiger partial charge in [0.15, 0.2) is 0 Å². The number of thiol groups is 1. The Balaban J connectivity index is 4.25. The Morgan fingerprint density at radius 2 is 2.10 bits per heavy atom. The predicted molar refractivity (Wildman–Crippen MR) is 45.7 cm³/mol. The Morgan fingerprint density at radius 1 is 1.60 bits per heavy atom. The van der Waals surface area contributed by atoms with Gasteiger partial charge in [-0.2, -0.15) is 0 Å². The molecular formula is C7H11NOS. The molecule has 0 unspecified atom stereocenters. The summed E-state index contributed by atoms with van der Waals surface area (Å²) in [4.78, 5) is 11.2. The number of hydrogen-bond acceptors (Lipinski definition) is 2. The summed E-state index contributed by atoms with van der Waals surface area (Å²) in [6.45, 7) is 6.75. The lowest BCUT2D eigenvalue weighted by Gasteiger charge is -2.02. The average Bonchev–Trinajstić information content (AvgIpc) is 1.81. The molecule has 0 spiro atoms. The molecule has 2 nitrogen and oxygen atoms in total. The van der Waals surface area contributed by atoms with Crippen molar-refractivity contribution in [2.24, 2.45) is 0 Å². The number of rotatable bonds is 2. The van der Waals surface area contributed by atoms with Crippen molar-refractivity contribution in [2.45, 2.75) is 13.8 Å². The first-order valence-electron chi connectivity index (χ1n) is 2.87. The normalized spacial score (nSPS) is 11.9. The lowest BCUT2D eigenvalue weighted by molar-refractivity contribution is -0.118. The largest absolute Gasteiger partial charge is 0.326 e. The van der Waals surface area contributed by atoms with Crippen LogP contribution in [0.4, 0.5) is 0 Å². The van der Waals surface area contributed by atoms with Crippen LogP contribution >= 0.6 is 12.6 Å². The quantitative estimate of drug-likeness (QED) is 0.461. The fourth-order valence-electron chi connectivity index (χ4n) is 0.479. The first-order chi connectivity index (χ1) is 4.57. The van der Waals surface area contributed by atoms with E-state index < -0.39 is 0 Å².